The third kappa shape index (κ3) is 4.14. The molecule has 1 unspecified atom stereocenters. The van der Waals surface area contributed by atoms with E-state index in [2.05, 4.69) is 70.5 Å². The van der Waals surface area contributed by atoms with Crippen LogP contribution >= 0.6 is 27.3 Å². The minimum Gasteiger partial charge on any atom is -0.241 e. The highest BCUT2D eigenvalue weighted by molar-refractivity contribution is 9.09. The summed E-state index contributed by atoms with van der Waals surface area (Å²) < 4.78 is 1.29. The number of fused-ring (bicyclic) bond motifs is 1. The average Bonchev–Trinajstić information content (AvgIpc) is 2.90. The summed E-state index contributed by atoms with van der Waals surface area (Å²) >= 11 is 5.63. The highest BCUT2D eigenvalue weighted by Gasteiger charge is 2.10. The number of aryl methyl sites for hydroxylation is 1. The minimum absolute atomic E-state index is 0.516. The van der Waals surface area contributed by atoms with Crippen molar-refractivity contribution in [3.63, 3.8) is 0 Å². The molecule has 0 amide bonds. The molecule has 2 aromatic carbocycles. The van der Waals surface area contributed by atoms with Crippen molar-refractivity contribution in [1.82, 2.24) is 4.98 Å². The zero-order valence-electron chi connectivity index (χ0n) is 11.8. The normalized spacial score (nSPS) is 12.6. The summed E-state index contributed by atoms with van der Waals surface area (Å²) in [5.74, 6) is 0. The van der Waals surface area contributed by atoms with Crippen LogP contribution in [0.15, 0.2) is 54.6 Å². The Morgan fingerprint density at radius 1 is 1.00 bits per heavy atom. The second-order valence-electron chi connectivity index (χ2n) is 5.25. The lowest BCUT2D eigenvalue weighted by atomic mass is 10.1. The third-order valence-corrected chi connectivity index (χ3v) is 5.40. The molecule has 0 spiro atoms. The van der Waals surface area contributed by atoms with E-state index in [4.69, 9.17) is 4.98 Å². The monoisotopic (exact) mass is 359 g/mol. The van der Waals surface area contributed by atoms with E-state index in [1.807, 2.05) is 11.3 Å². The average molecular weight is 360 g/mol. The summed E-state index contributed by atoms with van der Waals surface area (Å²) in [5, 5.41) is 1.23. The summed E-state index contributed by atoms with van der Waals surface area (Å²) in [4.78, 5) is 5.22. The van der Waals surface area contributed by atoms with Crippen LogP contribution in [0.2, 0.25) is 0 Å². The van der Waals surface area contributed by atoms with Crippen molar-refractivity contribution < 1.29 is 0 Å². The number of thiazole rings is 1. The first-order valence-electron chi connectivity index (χ1n) is 7.34. The minimum atomic E-state index is 0.516. The lowest BCUT2D eigenvalue weighted by Crippen LogP contribution is -2.03. The SMILES string of the molecule is BrC(CCCc1ccccc1)Cc1nc2ccccc2s1. The molecule has 1 heterocycles. The molecular formula is C18H18BrNS. The Bertz CT molecular complexity index is 660. The first-order chi connectivity index (χ1) is 10.3. The van der Waals surface area contributed by atoms with Crippen LogP contribution in [-0.2, 0) is 12.8 Å². The molecule has 0 saturated heterocycles. The highest BCUT2D eigenvalue weighted by atomic mass is 79.9. The van der Waals surface area contributed by atoms with Gasteiger partial charge >= 0.3 is 0 Å². The van der Waals surface area contributed by atoms with Crippen molar-refractivity contribution in [3.05, 3.63) is 65.2 Å². The molecule has 21 heavy (non-hydrogen) atoms. The van der Waals surface area contributed by atoms with Crippen LogP contribution in [0.1, 0.15) is 23.4 Å². The predicted molar refractivity (Wildman–Crippen MR) is 95.4 cm³/mol. The molecule has 0 radical (unpaired) electrons. The van der Waals surface area contributed by atoms with Crippen LogP contribution in [0.25, 0.3) is 10.2 Å². The number of aromatic nitrogens is 1. The Morgan fingerprint density at radius 2 is 1.76 bits per heavy atom. The molecule has 3 rings (SSSR count). The molecule has 108 valence electrons. The lowest BCUT2D eigenvalue weighted by molar-refractivity contribution is 0.699. The van der Waals surface area contributed by atoms with E-state index >= 15 is 0 Å². The van der Waals surface area contributed by atoms with Crippen molar-refractivity contribution >= 4 is 37.5 Å². The van der Waals surface area contributed by atoms with Crippen molar-refractivity contribution in [2.45, 2.75) is 30.5 Å². The standard InChI is InChI=1S/C18H18BrNS/c19-15(10-6-9-14-7-2-1-3-8-14)13-18-20-16-11-4-5-12-17(16)21-18/h1-5,7-8,11-12,15H,6,9-10,13H2. The van der Waals surface area contributed by atoms with Crippen LogP contribution < -0.4 is 0 Å². The van der Waals surface area contributed by atoms with E-state index in [9.17, 15) is 0 Å². The van der Waals surface area contributed by atoms with Gasteiger partial charge in [0.1, 0.15) is 0 Å². The van der Waals surface area contributed by atoms with Gasteiger partial charge in [0, 0.05) is 11.2 Å². The van der Waals surface area contributed by atoms with Gasteiger partial charge in [-0.25, -0.2) is 4.98 Å². The van der Waals surface area contributed by atoms with Gasteiger partial charge in [-0.1, -0.05) is 58.4 Å². The van der Waals surface area contributed by atoms with Crippen LogP contribution in [0.4, 0.5) is 0 Å². The van der Waals surface area contributed by atoms with Crippen LogP contribution in [0, 0.1) is 0 Å². The van der Waals surface area contributed by atoms with Crippen molar-refractivity contribution in [1.29, 1.82) is 0 Å². The quantitative estimate of drug-likeness (QED) is 0.520. The Morgan fingerprint density at radius 3 is 2.57 bits per heavy atom. The zero-order valence-corrected chi connectivity index (χ0v) is 14.2. The van der Waals surface area contributed by atoms with Gasteiger partial charge in [0.05, 0.1) is 15.2 Å². The van der Waals surface area contributed by atoms with Crippen molar-refractivity contribution in [2.24, 2.45) is 0 Å². The van der Waals surface area contributed by atoms with Gasteiger partial charge in [-0.2, -0.15) is 0 Å². The molecule has 1 nitrogen and oxygen atoms in total. The van der Waals surface area contributed by atoms with E-state index in [-0.39, 0.29) is 0 Å². The van der Waals surface area contributed by atoms with E-state index in [0.717, 1.165) is 18.4 Å². The number of hydrogen-bond acceptors (Lipinski definition) is 2. The number of rotatable bonds is 6. The third-order valence-electron chi connectivity index (χ3n) is 3.56. The summed E-state index contributed by atoms with van der Waals surface area (Å²) in [5.41, 5.74) is 2.55. The number of halogens is 1. The first-order valence-corrected chi connectivity index (χ1v) is 9.07. The number of benzene rings is 2. The van der Waals surface area contributed by atoms with Gasteiger partial charge in [0.25, 0.3) is 0 Å². The fourth-order valence-electron chi connectivity index (χ4n) is 2.47. The number of hydrogen-bond donors (Lipinski definition) is 0. The highest BCUT2D eigenvalue weighted by Crippen LogP contribution is 2.25. The summed E-state index contributed by atoms with van der Waals surface area (Å²) in [7, 11) is 0. The number of nitrogens with zero attached hydrogens (tertiary/aromatic N) is 1. The fraction of sp³-hybridized carbons (Fsp3) is 0.278. The summed E-state index contributed by atoms with van der Waals surface area (Å²) in [6.45, 7) is 0. The summed E-state index contributed by atoms with van der Waals surface area (Å²) in [6, 6.07) is 19.1. The molecule has 3 heteroatoms. The first kappa shape index (κ1) is 14.7. The van der Waals surface area contributed by atoms with Crippen molar-refractivity contribution in [2.75, 3.05) is 0 Å². The summed E-state index contributed by atoms with van der Waals surface area (Å²) in [6.07, 6.45) is 4.58. The van der Waals surface area contributed by atoms with E-state index in [1.54, 1.807) is 0 Å². The predicted octanol–water partition coefficient (Wildman–Crippen LogP) is 5.63. The van der Waals surface area contributed by atoms with E-state index < -0.39 is 0 Å². The molecular weight excluding hydrogens is 342 g/mol. The Hall–Kier alpha value is -1.19. The maximum absolute atomic E-state index is 4.71. The zero-order chi connectivity index (χ0) is 14.5. The maximum atomic E-state index is 4.71. The topological polar surface area (TPSA) is 12.9 Å². The Kier molecular flexibility index (Phi) is 5.04. The molecule has 0 saturated carbocycles. The molecule has 0 aliphatic heterocycles. The van der Waals surface area contributed by atoms with Crippen LogP contribution in [0.5, 0.6) is 0 Å². The number of alkyl halides is 1. The Balaban J connectivity index is 1.50. The van der Waals surface area contributed by atoms with E-state index in [1.165, 1.54) is 28.1 Å². The fourth-order valence-corrected chi connectivity index (χ4v) is 4.36. The smallest absolute Gasteiger partial charge is 0.0949 e. The van der Waals surface area contributed by atoms with Gasteiger partial charge in [0.2, 0.25) is 0 Å². The van der Waals surface area contributed by atoms with Gasteiger partial charge in [-0.3, -0.25) is 0 Å². The molecule has 0 aliphatic carbocycles. The lowest BCUT2D eigenvalue weighted by Gasteiger charge is -2.07. The van der Waals surface area contributed by atoms with E-state index in [0.29, 0.717) is 4.83 Å². The van der Waals surface area contributed by atoms with Gasteiger partial charge in [-0.15, -0.1) is 11.3 Å². The Labute approximate surface area is 138 Å². The molecule has 0 bridgehead atoms. The largest absolute Gasteiger partial charge is 0.241 e. The second-order valence-corrected chi connectivity index (χ2v) is 7.66. The van der Waals surface area contributed by atoms with Gasteiger partial charge < -0.3 is 0 Å². The molecule has 3 aromatic rings. The molecule has 1 atom stereocenters. The van der Waals surface area contributed by atoms with Crippen LogP contribution in [0.3, 0.4) is 0 Å². The molecule has 1 aromatic heterocycles. The van der Waals surface area contributed by atoms with Crippen LogP contribution in [-0.4, -0.2) is 9.81 Å². The van der Waals surface area contributed by atoms with Crippen molar-refractivity contribution in [3.8, 4) is 0 Å². The number of para-hydroxylation sites is 1. The molecule has 0 aliphatic rings. The van der Waals surface area contributed by atoms with Gasteiger partial charge in [-0.05, 0) is 37.0 Å². The molecule has 0 fully saturated rings. The van der Waals surface area contributed by atoms with Gasteiger partial charge in [0.15, 0.2) is 0 Å². The maximum Gasteiger partial charge on any atom is 0.0949 e. The second kappa shape index (κ2) is 7.19. The molecule has 0 N–H and O–H groups in total.